The predicted molar refractivity (Wildman–Crippen MR) is 96.5 cm³/mol. The highest BCUT2D eigenvalue weighted by molar-refractivity contribution is 5.75. The molecule has 126 valence electrons. The van der Waals surface area contributed by atoms with E-state index in [-0.39, 0.29) is 0 Å². The lowest BCUT2D eigenvalue weighted by Crippen LogP contribution is -2.33. The van der Waals surface area contributed by atoms with Crippen molar-refractivity contribution in [1.82, 2.24) is 9.97 Å². The Kier molecular flexibility index (Phi) is 7.42. The van der Waals surface area contributed by atoms with Crippen LogP contribution in [0.2, 0.25) is 0 Å². The maximum Gasteiger partial charge on any atom is 0.157 e. The third kappa shape index (κ3) is 5.35. The van der Waals surface area contributed by atoms with Crippen LogP contribution in [0.25, 0.3) is 0 Å². The molecule has 1 aromatic rings. The summed E-state index contributed by atoms with van der Waals surface area (Å²) in [7, 11) is 2.05. The van der Waals surface area contributed by atoms with Crippen LogP contribution in [0.1, 0.15) is 47.5 Å². The van der Waals surface area contributed by atoms with Gasteiger partial charge in [0, 0.05) is 26.7 Å². The molecule has 0 aliphatic rings. The van der Waals surface area contributed by atoms with Crippen molar-refractivity contribution in [2.75, 3.05) is 42.2 Å². The maximum atomic E-state index is 6.40. The Balaban J connectivity index is 3.05. The van der Waals surface area contributed by atoms with Gasteiger partial charge in [-0.15, -0.1) is 0 Å². The van der Waals surface area contributed by atoms with Crippen molar-refractivity contribution in [3.05, 3.63) is 6.33 Å². The summed E-state index contributed by atoms with van der Waals surface area (Å²) in [5.74, 6) is 2.84. The molecule has 0 saturated carbocycles. The number of unbranched alkanes of at least 4 members (excludes halogenated alkanes) is 1. The lowest BCUT2D eigenvalue weighted by Gasteiger charge is -2.30. The molecule has 0 spiro atoms. The van der Waals surface area contributed by atoms with Crippen LogP contribution in [0.15, 0.2) is 6.33 Å². The molecule has 0 aromatic carbocycles. The molecule has 0 atom stereocenters. The standard InChI is InChI=1S/C17H33N5/c1-7-8-9-21(6)16-15(18)17(20-12-19-16)22(10-13(2)3)11-14(4)5/h12-14H,7-11,18H2,1-6H3. The fourth-order valence-corrected chi connectivity index (χ4v) is 2.56. The summed E-state index contributed by atoms with van der Waals surface area (Å²) in [6.07, 6.45) is 3.93. The van der Waals surface area contributed by atoms with Crippen molar-refractivity contribution in [1.29, 1.82) is 0 Å². The highest BCUT2D eigenvalue weighted by atomic mass is 15.2. The molecule has 0 amide bonds. The number of nitrogens with zero attached hydrogens (tertiary/aromatic N) is 4. The molecule has 0 saturated heterocycles. The van der Waals surface area contributed by atoms with Crippen molar-refractivity contribution >= 4 is 17.3 Å². The summed E-state index contributed by atoms with van der Waals surface area (Å²) in [5, 5.41) is 0. The van der Waals surface area contributed by atoms with Crippen LogP contribution in [0.4, 0.5) is 17.3 Å². The molecule has 0 bridgehead atoms. The molecule has 0 unspecified atom stereocenters. The van der Waals surface area contributed by atoms with Crippen LogP contribution >= 0.6 is 0 Å². The molecule has 0 aliphatic heterocycles. The number of aromatic nitrogens is 2. The second kappa shape index (κ2) is 8.81. The maximum absolute atomic E-state index is 6.40. The first kappa shape index (κ1) is 18.5. The molecule has 5 heteroatoms. The third-order valence-electron chi connectivity index (χ3n) is 3.52. The summed E-state index contributed by atoms with van der Waals surface area (Å²) < 4.78 is 0. The average Bonchev–Trinajstić information content (AvgIpc) is 2.43. The normalized spacial score (nSPS) is 11.3. The van der Waals surface area contributed by atoms with Gasteiger partial charge in [-0.1, -0.05) is 41.0 Å². The van der Waals surface area contributed by atoms with E-state index in [1.165, 1.54) is 0 Å². The molecular weight excluding hydrogens is 274 g/mol. The van der Waals surface area contributed by atoms with Gasteiger partial charge in [0.15, 0.2) is 11.6 Å². The fraction of sp³-hybridized carbons (Fsp3) is 0.765. The van der Waals surface area contributed by atoms with E-state index >= 15 is 0 Å². The second-order valence-electron chi connectivity index (χ2n) is 6.90. The third-order valence-corrected chi connectivity index (χ3v) is 3.52. The molecule has 1 rings (SSSR count). The highest BCUT2D eigenvalue weighted by Crippen LogP contribution is 2.29. The van der Waals surface area contributed by atoms with E-state index in [1.54, 1.807) is 6.33 Å². The van der Waals surface area contributed by atoms with Crippen LogP contribution in [-0.2, 0) is 0 Å². The van der Waals surface area contributed by atoms with E-state index in [1.807, 2.05) is 7.05 Å². The van der Waals surface area contributed by atoms with Crippen molar-refractivity contribution < 1.29 is 0 Å². The zero-order valence-corrected chi connectivity index (χ0v) is 15.1. The summed E-state index contributed by atoms with van der Waals surface area (Å²) in [5.41, 5.74) is 7.10. The Morgan fingerprint density at radius 3 is 2.09 bits per heavy atom. The molecule has 0 fully saturated rings. The van der Waals surface area contributed by atoms with E-state index in [4.69, 9.17) is 5.73 Å². The quantitative estimate of drug-likeness (QED) is 0.757. The minimum Gasteiger partial charge on any atom is -0.393 e. The largest absolute Gasteiger partial charge is 0.393 e. The van der Waals surface area contributed by atoms with Gasteiger partial charge in [0.2, 0.25) is 0 Å². The van der Waals surface area contributed by atoms with Crippen molar-refractivity contribution in [3.63, 3.8) is 0 Å². The Morgan fingerprint density at radius 2 is 1.59 bits per heavy atom. The summed E-state index contributed by atoms with van der Waals surface area (Å²) in [6.45, 7) is 14.0. The first-order valence-electron chi connectivity index (χ1n) is 8.43. The summed E-state index contributed by atoms with van der Waals surface area (Å²) in [4.78, 5) is 13.3. The van der Waals surface area contributed by atoms with Gasteiger partial charge >= 0.3 is 0 Å². The predicted octanol–water partition coefficient (Wildman–Crippen LogP) is 3.41. The van der Waals surface area contributed by atoms with E-state index in [0.29, 0.717) is 17.5 Å². The zero-order valence-electron chi connectivity index (χ0n) is 15.1. The van der Waals surface area contributed by atoms with Gasteiger partial charge in [0.25, 0.3) is 0 Å². The SMILES string of the molecule is CCCCN(C)c1ncnc(N(CC(C)C)CC(C)C)c1N. The van der Waals surface area contributed by atoms with E-state index in [2.05, 4.69) is 54.4 Å². The van der Waals surface area contributed by atoms with Gasteiger partial charge in [0.05, 0.1) is 0 Å². The zero-order chi connectivity index (χ0) is 16.7. The first-order valence-corrected chi connectivity index (χ1v) is 8.43. The number of hydrogen-bond donors (Lipinski definition) is 1. The van der Waals surface area contributed by atoms with Crippen LogP contribution in [0.3, 0.4) is 0 Å². The van der Waals surface area contributed by atoms with Gasteiger partial charge in [0.1, 0.15) is 12.0 Å². The van der Waals surface area contributed by atoms with Gasteiger partial charge in [-0.2, -0.15) is 0 Å². The molecule has 0 radical (unpaired) electrons. The van der Waals surface area contributed by atoms with Crippen LogP contribution in [0.5, 0.6) is 0 Å². The van der Waals surface area contributed by atoms with E-state index in [9.17, 15) is 0 Å². The average molecular weight is 307 g/mol. The molecule has 2 N–H and O–H groups in total. The monoisotopic (exact) mass is 307 g/mol. The topological polar surface area (TPSA) is 58.3 Å². The molecule has 1 aromatic heterocycles. The van der Waals surface area contributed by atoms with Crippen molar-refractivity contribution in [2.24, 2.45) is 11.8 Å². The van der Waals surface area contributed by atoms with E-state index in [0.717, 1.165) is 44.1 Å². The lowest BCUT2D eigenvalue weighted by atomic mass is 10.1. The van der Waals surface area contributed by atoms with Gasteiger partial charge < -0.3 is 15.5 Å². The van der Waals surface area contributed by atoms with Crippen LogP contribution < -0.4 is 15.5 Å². The van der Waals surface area contributed by atoms with E-state index < -0.39 is 0 Å². The highest BCUT2D eigenvalue weighted by Gasteiger charge is 2.18. The molecule has 1 heterocycles. The number of hydrogen-bond acceptors (Lipinski definition) is 5. The molecule has 22 heavy (non-hydrogen) atoms. The van der Waals surface area contributed by atoms with Crippen LogP contribution in [-0.4, -0.2) is 36.6 Å². The molecule has 0 aliphatic carbocycles. The smallest absolute Gasteiger partial charge is 0.157 e. The Hall–Kier alpha value is -1.52. The summed E-state index contributed by atoms with van der Waals surface area (Å²) in [6, 6.07) is 0. The minimum absolute atomic E-state index is 0.564. The molecular formula is C17H33N5. The summed E-state index contributed by atoms with van der Waals surface area (Å²) >= 11 is 0. The van der Waals surface area contributed by atoms with Gasteiger partial charge in [-0.25, -0.2) is 9.97 Å². The van der Waals surface area contributed by atoms with Crippen LogP contribution in [0, 0.1) is 11.8 Å². The Bertz CT molecular complexity index is 435. The first-order chi connectivity index (χ1) is 10.4. The number of rotatable bonds is 9. The second-order valence-corrected chi connectivity index (χ2v) is 6.90. The van der Waals surface area contributed by atoms with Gasteiger partial charge in [-0.05, 0) is 18.3 Å². The number of nitrogen functional groups attached to an aromatic ring is 1. The minimum atomic E-state index is 0.564. The van der Waals surface area contributed by atoms with Crippen molar-refractivity contribution in [3.8, 4) is 0 Å². The fourth-order valence-electron chi connectivity index (χ4n) is 2.56. The number of nitrogens with two attached hydrogens (primary N) is 1. The van der Waals surface area contributed by atoms with Gasteiger partial charge in [-0.3, -0.25) is 0 Å². The Labute approximate surface area is 135 Å². The number of anilines is 3. The van der Waals surface area contributed by atoms with Crippen molar-refractivity contribution in [2.45, 2.75) is 47.5 Å². The lowest BCUT2D eigenvalue weighted by molar-refractivity contribution is 0.549. The molecule has 5 nitrogen and oxygen atoms in total. The Morgan fingerprint density at radius 1 is 1.05 bits per heavy atom.